The number of alkyl halides is 6. The van der Waals surface area contributed by atoms with Crippen molar-refractivity contribution in [1.29, 1.82) is 0 Å². The second-order valence-corrected chi connectivity index (χ2v) is 1.12. The third kappa shape index (κ3) is 7.58. The Labute approximate surface area is 49.3 Å². The molecule has 0 saturated heterocycles. The molecule has 0 fully saturated rings. The maximum Gasteiger partial charge on any atom is 0.397 e. The molecule has 0 rings (SSSR count). The SMILES string of the molecule is [2H]C([2H])(C(F)(F)F)C(F)(F)F. The predicted molar refractivity (Wildman–Crippen MR) is 16.7 cm³/mol. The fourth-order valence-corrected chi connectivity index (χ4v) is 0.161. The molecular weight excluding hydrogens is 150 g/mol. The van der Waals surface area contributed by atoms with Gasteiger partial charge in [-0.2, -0.15) is 26.3 Å². The molecule has 0 unspecified atom stereocenters. The zero-order chi connectivity index (χ0) is 9.50. The normalized spacial score (nSPS) is 18.9. The average Bonchev–Trinajstić information content (AvgIpc) is 1.58. The molecule has 0 saturated carbocycles. The summed E-state index contributed by atoms with van der Waals surface area (Å²) in [6, 6.07) is 0. The van der Waals surface area contributed by atoms with Crippen molar-refractivity contribution in [3.05, 3.63) is 0 Å². The van der Waals surface area contributed by atoms with E-state index < -0.39 is 18.7 Å². The highest BCUT2D eigenvalue weighted by Gasteiger charge is 2.43. The van der Waals surface area contributed by atoms with Gasteiger partial charge >= 0.3 is 12.4 Å². The lowest BCUT2D eigenvalue weighted by atomic mass is 10.4. The second kappa shape index (κ2) is 2.07. The molecule has 0 heterocycles. The van der Waals surface area contributed by atoms with Crippen LogP contribution in [-0.2, 0) is 0 Å². The molecule has 0 aromatic rings. The van der Waals surface area contributed by atoms with Gasteiger partial charge in [-0.25, -0.2) is 0 Å². The third-order valence-electron chi connectivity index (χ3n) is 0.283. The number of halogens is 6. The molecule has 0 atom stereocenters. The van der Waals surface area contributed by atoms with Crippen LogP contribution < -0.4 is 0 Å². The summed E-state index contributed by atoms with van der Waals surface area (Å²) in [5.74, 6) is 0. The lowest BCUT2D eigenvalue weighted by Crippen LogP contribution is -2.20. The smallest absolute Gasteiger partial charge is 0.171 e. The molecule has 0 nitrogen and oxygen atoms in total. The Kier molecular flexibility index (Phi) is 1.24. The molecular formula is C3H2F6. The largest absolute Gasteiger partial charge is 0.397 e. The predicted octanol–water partition coefficient (Wildman–Crippen LogP) is 2.50. The monoisotopic (exact) mass is 154 g/mol. The maximum atomic E-state index is 11.2. The Morgan fingerprint density at radius 1 is 0.889 bits per heavy atom. The minimum Gasteiger partial charge on any atom is -0.171 e. The van der Waals surface area contributed by atoms with Crippen LogP contribution in [0.1, 0.15) is 9.11 Å². The summed E-state index contributed by atoms with van der Waals surface area (Å²) >= 11 is 0. The zero-order valence-electron chi connectivity index (χ0n) is 5.77. The quantitative estimate of drug-likeness (QED) is 0.470. The third-order valence-corrected chi connectivity index (χ3v) is 0.283. The van der Waals surface area contributed by atoms with Crippen molar-refractivity contribution in [1.82, 2.24) is 0 Å². The minimum atomic E-state index is -5.91. The van der Waals surface area contributed by atoms with E-state index in [1.165, 1.54) is 0 Å². The van der Waals surface area contributed by atoms with Crippen LogP contribution in [0.2, 0.25) is 0 Å². The van der Waals surface area contributed by atoms with E-state index in [9.17, 15) is 26.3 Å². The fourth-order valence-electron chi connectivity index (χ4n) is 0.161. The summed E-state index contributed by atoms with van der Waals surface area (Å²) in [7, 11) is 0. The van der Waals surface area contributed by atoms with Crippen molar-refractivity contribution in [2.24, 2.45) is 0 Å². The number of rotatable bonds is 0. The molecule has 56 valence electrons. The van der Waals surface area contributed by atoms with Crippen LogP contribution in [-0.4, -0.2) is 12.4 Å². The van der Waals surface area contributed by atoms with E-state index in [0.717, 1.165) is 0 Å². The number of hydrogen-bond donors (Lipinski definition) is 0. The highest BCUT2D eigenvalue weighted by molar-refractivity contribution is 4.57. The summed E-state index contributed by atoms with van der Waals surface area (Å²) < 4.78 is 78.7. The molecule has 0 aliphatic carbocycles. The fraction of sp³-hybridized carbons (Fsp3) is 1.00. The van der Waals surface area contributed by atoms with E-state index in [1.54, 1.807) is 0 Å². The molecule has 0 aromatic carbocycles. The summed E-state index contributed by atoms with van der Waals surface area (Å²) in [6.45, 7) is 0. The van der Waals surface area contributed by atoms with E-state index in [4.69, 9.17) is 2.74 Å². The van der Waals surface area contributed by atoms with Crippen molar-refractivity contribution < 1.29 is 29.1 Å². The molecule has 0 amide bonds. The first kappa shape index (κ1) is 5.37. The van der Waals surface area contributed by atoms with Crippen LogP contribution in [0.3, 0.4) is 0 Å². The van der Waals surface area contributed by atoms with Crippen molar-refractivity contribution in [3.63, 3.8) is 0 Å². The maximum absolute atomic E-state index is 11.2. The van der Waals surface area contributed by atoms with Gasteiger partial charge in [0.2, 0.25) is 0 Å². The van der Waals surface area contributed by atoms with Crippen molar-refractivity contribution in [3.8, 4) is 0 Å². The molecule has 9 heavy (non-hydrogen) atoms. The Morgan fingerprint density at radius 2 is 1.11 bits per heavy atom. The van der Waals surface area contributed by atoms with Gasteiger partial charge in [0.25, 0.3) is 0 Å². The Morgan fingerprint density at radius 3 is 1.11 bits per heavy atom. The second-order valence-electron chi connectivity index (χ2n) is 1.12. The van der Waals surface area contributed by atoms with Crippen LogP contribution >= 0.6 is 0 Å². The lowest BCUT2D eigenvalue weighted by molar-refractivity contribution is -0.232. The first-order chi connectivity index (χ1) is 4.50. The Bertz CT molecular complexity index is 127. The van der Waals surface area contributed by atoms with E-state index >= 15 is 0 Å². The van der Waals surface area contributed by atoms with E-state index in [2.05, 4.69) is 0 Å². The molecule has 0 aliphatic heterocycles. The topological polar surface area (TPSA) is 0 Å². The minimum absolute atomic E-state index is 5.12. The molecule has 0 aromatic heterocycles. The summed E-state index contributed by atoms with van der Waals surface area (Å²) in [4.78, 5) is 0. The zero-order valence-corrected chi connectivity index (χ0v) is 3.77. The van der Waals surface area contributed by atoms with Crippen LogP contribution in [0.5, 0.6) is 0 Å². The molecule has 0 radical (unpaired) electrons. The van der Waals surface area contributed by atoms with Gasteiger partial charge < -0.3 is 0 Å². The highest BCUT2D eigenvalue weighted by Crippen LogP contribution is 2.31. The summed E-state index contributed by atoms with van der Waals surface area (Å²) in [6.07, 6.45) is -16.9. The van der Waals surface area contributed by atoms with Gasteiger partial charge in [-0.3, -0.25) is 0 Å². The van der Waals surface area contributed by atoms with Crippen LogP contribution in [0.15, 0.2) is 0 Å². The van der Waals surface area contributed by atoms with Gasteiger partial charge in [0.1, 0.15) is 6.37 Å². The van der Waals surface area contributed by atoms with Crippen LogP contribution in [0.4, 0.5) is 26.3 Å². The number of hydrogen-bond acceptors (Lipinski definition) is 0. The van der Waals surface area contributed by atoms with Gasteiger partial charge in [0, 0.05) is 2.74 Å². The molecule has 0 N–H and O–H groups in total. The summed E-state index contributed by atoms with van der Waals surface area (Å²) in [5, 5.41) is 0. The first-order valence-electron chi connectivity index (χ1n) is 2.63. The van der Waals surface area contributed by atoms with Crippen molar-refractivity contribution in [2.45, 2.75) is 18.7 Å². The average molecular weight is 154 g/mol. The van der Waals surface area contributed by atoms with E-state index in [1.807, 2.05) is 0 Å². The Hall–Kier alpha value is -0.420. The lowest BCUT2D eigenvalue weighted by Gasteiger charge is -2.08. The molecule has 0 aliphatic rings. The molecule has 0 bridgehead atoms. The highest BCUT2D eigenvalue weighted by atomic mass is 19.4. The van der Waals surface area contributed by atoms with Gasteiger partial charge in [-0.15, -0.1) is 0 Å². The van der Waals surface area contributed by atoms with E-state index in [0.29, 0.717) is 0 Å². The summed E-state index contributed by atoms with van der Waals surface area (Å²) in [5.41, 5.74) is 0. The van der Waals surface area contributed by atoms with Gasteiger partial charge in [-0.05, 0) is 0 Å². The van der Waals surface area contributed by atoms with Crippen molar-refractivity contribution in [2.75, 3.05) is 0 Å². The molecule has 0 spiro atoms. The van der Waals surface area contributed by atoms with E-state index in [-0.39, 0.29) is 0 Å². The molecule has 6 heteroatoms. The van der Waals surface area contributed by atoms with Gasteiger partial charge in [-0.1, -0.05) is 0 Å². The van der Waals surface area contributed by atoms with Crippen molar-refractivity contribution >= 4 is 0 Å². The van der Waals surface area contributed by atoms with Crippen LogP contribution in [0, 0.1) is 0 Å². The first-order valence-corrected chi connectivity index (χ1v) is 1.63. The standard InChI is InChI=1S/C3H2F6/c4-2(5,6)1-3(7,8)9/h1H2/i1D2. The van der Waals surface area contributed by atoms with Crippen LogP contribution in [0.25, 0.3) is 0 Å². The Balaban J connectivity index is 4.75. The van der Waals surface area contributed by atoms with Gasteiger partial charge in [0.15, 0.2) is 0 Å². The van der Waals surface area contributed by atoms with Gasteiger partial charge in [0.05, 0.1) is 0 Å².